The molecule has 6 heteroatoms. The first kappa shape index (κ1) is 15.0. The van der Waals surface area contributed by atoms with Crippen molar-refractivity contribution in [2.75, 3.05) is 22.6 Å². The third-order valence-electron chi connectivity index (χ3n) is 2.24. The Morgan fingerprint density at radius 2 is 1.94 bits per heavy atom. The Bertz CT molecular complexity index is 369. The number of hydrogen-bond acceptors (Lipinski definition) is 6. The Labute approximate surface area is 113 Å². The molecule has 1 aromatic rings. The van der Waals surface area contributed by atoms with Gasteiger partial charge >= 0.3 is 0 Å². The Kier molecular flexibility index (Phi) is 6.18. The fourth-order valence-electron chi connectivity index (χ4n) is 1.52. The smallest absolute Gasteiger partial charge is 0.227 e. The minimum atomic E-state index is 0.290. The topological polar surface area (TPSA) is 76.7 Å². The molecule has 18 heavy (non-hydrogen) atoms. The van der Waals surface area contributed by atoms with Crippen LogP contribution in [0, 0.1) is 5.92 Å². The number of hydrogen-bond donors (Lipinski definition) is 2. The number of nitrogen functional groups attached to an aromatic ring is 1. The van der Waals surface area contributed by atoms with Crippen LogP contribution in [-0.2, 0) is 6.42 Å². The molecule has 0 aliphatic rings. The van der Waals surface area contributed by atoms with Crippen LogP contribution < -0.4 is 11.1 Å². The maximum Gasteiger partial charge on any atom is 0.227 e. The quantitative estimate of drug-likeness (QED) is 0.790. The van der Waals surface area contributed by atoms with Crippen LogP contribution in [0.2, 0.25) is 0 Å². The molecule has 0 radical (unpaired) electrons. The molecule has 0 amide bonds. The number of thioether (sulfide) groups is 1. The first-order valence-electron chi connectivity index (χ1n) is 6.36. The second kappa shape index (κ2) is 7.41. The number of nitrogens with one attached hydrogen (secondary N) is 1. The monoisotopic (exact) mass is 269 g/mol. The molecule has 0 aliphatic carbocycles. The molecular weight excluding hydrogens is 246 g/mol. The molecule has 1 rings (SSSR count). The second-order valence-corrected chi connectivity index (χ2v) is 6.06. The van der Waals surface area contributed by atoms with Crippen molar-refractivity contribution in [1.29, 1.82) is 0 Å². The molecule has 0 spiro atoms. The van der Waals surface area contributed by atoms with Crippen molar-refractivity contribution in [1.82, 2.24) is 15.0 Å². The highest BCUT2D eigenvalue weighted by Crippen LogP contribution is 2.10. The number of anilines is 2. The minimum Gasteiger partial charge on any atom is -0.368 e. The molecule has 102 valence electrons. The number of aromatic nitrogens is 3. The third kappa shape index (κ3) is 5.53. The Balaban J connectivity index is 2.67. The van der Waals surface area contributed by atoms with E-state index in [2.05, 4.69) is 48.0 Å². The molecule has 0 bridgehead atoms. The van der Waals surface area contributed by atoms with Gasteiger partial charge in [0.2, 0.25) is 11.9 Å². The largest absolute Gasteiger partial charge is 0.368 e. The summed E-state index contributed by atoms with van der Waals surface area (Å²) in [6.45, 7) is 8.53. The molecule has 0 saturated heterocycles. The highest BCUT2D eigenvalue weighted by Gasteiger charge is 2.09. The van der Waals surface area contributed by atoms with E-state index in [1.165, 1.54) is 0 Å². The average molecular weight is 269 g/mol. The summed E-state index contributed by atoms with van der Waals surface area (Å²) < 4.78 is 0. The molecule has 5 nitrogen and oxygen atoms in total. The van der Waals surface area contributed by atoms with Crippen molar-refractivity contribution < 1.29 is 0 Å². The second-order valence-electron chi connectivity index (χ2n) is 4.74. The van der Waals surface area contributed by atoms with Gasteiger partial charge < -0.3 is 11.1 Å². The molecule has 1 aromatic heterocycles. The zero-order valence-electron chi connectivity index (χ0n) is 11.6. The van der Waals surface area contributed by atoms with Gasteiger partial charge in [0.25, 0.3) is 0 Å². The summed E-state index contributed by atoms with van der Waals surface area (Å²) in [5.41, 5.74) is 5.70. The third-order valence-corrected chi connectivity index (χ3v) is 3.38. The van der Waals surface area contributed by atoms with Gasteiger partial charge in [0.05, 0.1) is 0 Å². The summed E-state index contributed by atoms with van der Waals surface area (Å²) in [5.74, 6) is 4.29. The van der Waals surface area contributed by atoms with E-state index < -0.39 is 0 Å². The van der Waals surface area contributed by atoms with Crippen LogP contribution in [-0.4, -0.2) is 32.5 Å². The van der Waals surface area contributed by atoms with Gasteiger partial charge in [0, 0.05) is 18.2 Å². The van der Waals surface area contributed by atoms with Crippen LogP contribution in [0.1, 0.15) is 33.5 Å². The van der Waals surface area contributed by atoms with Gasteiger partial charge in [-0.3, -0.25) is 0 Å². The van der Waals surface area contributed by atoms with Crippen molar-refractivity contribution in [3.63, 3.8) is 0 Å². The van der Waals surface area contributed by atoms with Crippen molar-refractivity contribution in [2.24, 2.45) is 5.92 Å². The van der Waals surface area contributed by atoms with E-state index in [0.717, 1.165) is 23.8 Å². The lowest BCUT2D eigenvalue weighted by atomic mass is 10.1. The Morgan fingerprint density at radius 3 is 2.56 bits per heavy atom. The molecule has 0 fully saturated rings. The molecule has 0 saturated carbocycles. The zero-order chi connectivity index (χ0) is 13.5. The molecular formula is C12H23N5S. The van der Waals surface area contributed by atoms with Gasteiger partial charge in [-0.1, -0.05) is 20.8 Å². The highest BCUT2D eigenvalue weighted by atomic mass is 32.2. The Morgan fingerprint density at radius 1 is 1.22 bits per heavy atom. The maximum absolute atomic E-state index is 5.70. The number of nitrogens with two attached hydrogens (primary N) is 1. The van der Waals surface area contributed by atoms with Gasteiger partial charge in [-0.25, -0.2) is 0 Å². The SMILES string of the molecule is CCSCC(C)Nc1nc(N)nc(CC(C)C)n1. The zero-order valence-corrected chi connectivity index (χ0v) is 12.4. The van der Waals surface area contributed by atoms with E-state index in [4.69, 9.17) is 5.73 Å². The van der Waals surface area contributed by atoms with E-state index in [-0.39, 0.29) is 0 Å². The first-order valence-corrected chi connectivity index (χ1v) is 7.51. The molecule has 1 atom stereocenters. The summed E-state index contributed by atoms with van der Waals surface area (Å²) >= 11 is 1.89. The van der Waals surface area contributed by atoms with E-state index in [0.29, 0.717) is 23.9 Å². The fourth-order valence-corrected chi connectivity index (χ4v) is 2.19. The van der Waals surface area contributed by atoms with Crippen LogP contribution in [0.5, 0.6) is 0 Å². The summed E-state index contributed by atoms with van der Waals surface area (Å²) in [4.78, 5) is 12.7. The maximum atomic E-state index is 5.70. The average Bonchev–Trinajstić information content (AvgIpc) is 2.24. The Hall–Kier alpha value is -1.04. The van der Waals surface area contributed by atoms with E-state index in [1.54, 1.807) is 0 Å². The lowest BCUT2D eigenvalue weighted by Crippen LogP contribution is -2.21. The fraction of sp³-hybridized carbons (Fsp3) is 0.750. The van der Waals surface area contributed by atoms with Gasteiger partial charge in [0.15, 0.2) is 0 Å². The van der Waals surface area contributed by atoms with Crippen molar-refractivity contribution >= 4 is 23.7 Å². The highest BCUT2D eigenvalue weighted by molar-refractivity contribution is 7.99. The van der Waals surface area contributed by atoms with Crippen molar-refractivity contribution in [3.8, 4) is 0 Å². The first-order chi connectivity index (χ1) is 8.51. The van der Waals surface area contributed by atoms with Crippen LogP contribution in [0.4, 0.5) is 11.9 Å². The van der Waals surface area contributed by atoms with Crippen molar-refractivity contribution in [2.45, 2.75) is 40.2 Å². The van der Waals surface area contributed by atoms with Crippen molar-refractivity contribution in [3.05, 3.63) is 5.82 Å². The van der Waals surface area contributed by atoms with Gasteiger partial charge in [-0.15, -0.1) is 0 Å². The summed E-state index contributed by atoms with van der Waals surface area (Å²) in [7, 11) is 0. The number of nitrogens with zero attached hydrogens (tertiary/aromatic N) is 3. The minimum absolute atomic E-state index is 0.290. The summed E-state index contributed by atoms with van der Waals surface area (Å²) in [6, 6.07) is 0.323. The summed E-state index contributed by atoms with van der Waals surface area (Å²) in [5, 5.41) is 3.27. The molecule has 0 aromatic carbocycles. The normalized spacial score (nSPS) is 12.7. The van der Waals surface area contributed by atoms with Crippen LogP contribution in [0.3, 0.4) is 0 Å². The summed E-state index contributed by atoms with van der Waals surface area (Å²) in [6.07, 6.45) is 0.819. The van der Waals surface area contributed by atoms with Gasteiger partial charge in [-0.05, 0) is 18.6 Å². The molecule has 1 unspecified atom stereocenters. The standard InChI is InChI=1S/C12H23N5S/c1-5-18-7-9(4)14-12-16-10(6-8(2)3)15-11(13)17-12/h8-9H,5-7H2,1-4H3,(H3,13,14,15,16,17). The van der Waals surface area contributed by atoms with Gasteiger partial charge in [0.1, 0.15) is 5.82 Å². The predicted octanol–water partition coefficient (Wildman–Crippen LogP) is 2.21. The molecule has 1 heterocycles. The van der Waals surface area contributed by atoms with Crippen LogP contribution in [0.25, 0.3) is 0 Å². The van der Waals surface area contributed by atoms with Crippen LogP contribution >= 0.6 is 11.8 Å². The molecule has 0 aliphatic heterocycles. The lowest BCUT2D eigenvalue weighted by Gasteiger charge is -2.14. The van der Waals surface area contributed by atoms with E-state index in [9.17, 15) is 0 Å². The molecule has 3 N–H and O–H groups in total. The number of rotatable bonds is 7. The van der Waals surface area contributed by atoms with Crippen LogP contribution in [0.15, 0.2) is 0 Å². The van der Waals surface area contributed by atoms with E-state index in [1.807, 2.05) is 11.8 Å². The van der Waals surface area contributed by atoms with Gasteiger partial charge in [-0.2, -0.15) is 26.7 Å². The lowest BCUT2D eigenvalue weighted by molar-refractivity contribution is 0.619. The van der Waals surface area contributed by atoms with E-state index >= 15 is 0 Å². The predicted molar refractivity (Wildman–Crippen MR) is 78.9 cm³/mol.